The van der Waals surface area contributed by atoms with Gasteiger partial charge in [-0.25, -0.2) is 13.6 Å². The number of anilines is 2. The summed E-state index contributed by atoms with van der Waals surface area (Å²) in [5.41, 5.74) is 2.87. The molecule has 2 aromatic carbocycles. The molecule has 1 amide bonds. The van der Waals surface area contributed by atoms with Gasteiger partial charge in [0.1, 0.15) is 6.04 Å². The van der Waals surface area contributed by atoms with Gasteiger partial charge in [0.15, 0.2) is 0 Å². The summed E-state index contributed by atoms with van der Waals surface area (Å²) in [5.74, 6) is -0.143. The molecule has 1 aliphatic heterocycles. The van der Waals surface area contributed by atoms with Crippen LogP contribution in [0.4, 0.5) is 11.4 Å². The van der Waals surface area contributed by atoms with Gasteiger partial charge in [0.2, 0.25) is 15.9 Å². The fraction of sp³-hybridized carbons (Fsp3) is 0.235. The number of benzene rings is 2. The topological polar surface area (TPSA) is 92.5 Å². The van der Waals surface area contributed by atoms with E-state index in [9.17, 15) is 13.2 Å². The van der Waals surface area contributed by atoms with Gasteiger partial charge in [-0.05, 0) is 49.2 Å². The number of nitrogens with one attached hydrogen (secondary N) is 1. The van der Waals surface area contributed by atoms with Crippen molar-refractivity contribution in [1.82, 2.24) is 0 Å². The van der Waals surface area contributed by atoms with Gasteiger partial charge in [0, 0.05) is 17.9 Å². The lowest BCUT2D eigenvalue weighted by atomic mass is 10.1. The summed E-state index contributed by atoms with van der Waals surface area (Å²) in [4.78, 5) is 14.6. The minimum atomic E-state index is -3.73. The quantitative estimate of drug-likeness (QED) is 0.882. The van der Waals surface area contributed by atoms with Crippen molar-refractivity contribution in [3.05, 3.63) is 54.1 Å². The number of hydrogen-bond donors (Lipinski definition) is 2. The predicted molar refractivity (Wildman–Crippen MR) is 93.4 cm³/mol. The third kappa shape index (κ3) is 3.27. The van der Waals surface area contributed by atoms with Crippen LogP contribution in [-0.4, -0.2) is 26.9 Å². The average Bonchev–Trinajstić information content (AvgIpc) is 2.97. The lowest BCUT2D eigenvalue weighted by Crippen LogP contribution is -2.41. The molecule has 0 aliphatic carbocycles. The largest absolute Gasteiger partial charge is 0.359 e. The molecule has 0 saturated carbocycles. The summed E-state index contributed by atoms with van der Waals surface area (Å²) in [6, 6.07) is 13.5. The lowest BCUT2D eigenvalue weighted by molar-refractivity contribution is -0.117. The Morgan fingerprint density at radius 2 is 1.83 bits per heavy atom. The number of carbonyl (C=O) groups is 1. The van der Waals surface area contributed by atoms with Crippen LogP contribution in [0.1, 0.15) is 12.5 Å². The number of rotatable bonds is 4. The van der Waals surface area contributed by atoms with Crippen molar-refractivity contribution >= 4 is 27.3 Å². The van der Waals surface area contributed by atoms with E-state index in [1.165, 1.54) is 29.8 Å². The molecule has 0 unspecified atom stereocenters. The standard InChI is InChI=1S/C17H19N3O3S/c1-12(20-11-10-13-4-2-3-5-16(13)20)17(21)19-14-6-8-15(9-7-14)24(18,22)23/h2-9,12H,10-11H2,1H3,(H,19,21)(H2,18,22,23)/t12-/m1/s1. The molecule has 1 aliphatic rings. The zero-order valence-electron chi connectivity index (χ0n) is 13.3. The fourth-order valence-corrected chi connectivity index (χ4v) is 3.40. The van der Waals surface area contributed by atoms with Gasteiger partial charge in [0.25, 0.3) is 0 Å². The molecule has 2 aromatic rings. The molecule has 126 valence electrons. The second-order valence-corrected chi connectivity index (χ2v) is 7.37. The highest BCUT2D eigenvalue weighted by Crippen LogP contribution is 2.29. The highest BCUT2D eigenvalue weighted by molar-refractivity contribution is 7.89. The third-order valence-corrected chi connectivity index (χ3v) is 5.15. The molecule has 1 heterocycles. The minimum absolute atomic E-state index is 0.0158. The first kappa shape index (κ1) is 16.5. The van der Waals surface area contributed by atoms with E-state index in [1.807, 2.05) is 25.1 Å². The summed E-state index contributed by atoms with van der Waals surface area (Å²) >= 11 is 0. The van der Waals surface area contributed by atoms with Crippen molar-refractivity contribution in [1.29, 1.82) is 0 Å². The maximum absolute atomic E-state index is 12.5. The van der Waals surface area contributed by atoms with Gasteiger partial charge in [0.05, 0.1) is 4.90 Å². The average molecular weight is 345 g/mol. The van der Waals surface area contributed by atoms with E-state index in [2.05, 4.69) is 16.3 Å². The Bertz CT molecular complexity index is 863. The molecule has 24 heavy (non-hydrogen) atoms. The molecule has 0 aromatic heterocycles. The SMILES string of the molecule is C[C@H](C(=O)Nc1ccc(S(N)(=O)=O)cc1)N1CCc2ccccc21. The van der Waals surface area contributed by atoms with Gasteiger partial charge in [-0.2, -0.15) is 0 Å². The summed E-state index contributed by atoms with van der Waals surface area (Å²) in [6.45, 7) is 2.66. The number of para-hydroxylation sites is 1. The molecule has 0 bridgehead atoms. The van der Waals surface area contributed by atoms with E-state index in [0.29, 0.717) is 5.69 Å². The molecule has 1 atom stereocenters. The minimum Gasteiger partial charge on any atom is -0.359 e. The van der Waals surface area contributed by atoms with Crippen molar-refractivity contribution < 1.29 is 13.2 Å². The Labute approximate surface area is 141 Å². The molecule has 3 N–H and O–H groups in total. The van der Waals surface area contributed by atoms with Gasteiger partial charge < -0.3 is 10.2 Å². The Hall–Kier alpha value is -2.38. The molecule has 7 heteroatoms. The molecular weight excluding hydrogens is 326 g/mol. The van der Waals surface area contributed by atoms with Gasteiger partial charge in [-0.1, -0.05) is 18.2 Å². The second-order valence-electron chi connectivity index (χ2n) is 5.81. The highest BCUT2D eigenvalue weighted by atomic mass is 32.2. The summed E-state index contributed by atoms with van der Waals surface area (Å²) in [7, 11) is -3.73. The number of nitrogens with two attached hydrogens (primary N) is 1. The van der Waals surface area contributed by atoms with E-state index < -0.39 is 10.0 Å². The maximum atomic E-state index is 12.5. The van der Waals surface area contributed by atoms with E-state index >= 15 is 0 Å². The Morgan fingerprint density at radius 3 is 2.50 bits per heavy atom. The molecule has 0 saturated heterocycles. The van der Waals surface area contributed by atoms with E-state index in [4.69, 9.17) is 5.14 Å². The molecule has 0 radical (unpaired) electrons. The number of nitrogens with zero attached hydrogens (tertiary/aromatic N) is 1. The van der Waals surface area contributed by atoms with Crippen molar-refractivity contribution in [2.24, 2.45) is 5.14 Å². The molecular formula is C17H19N3O3S. The Balaban J connectivity index is 1.71. The predicted octanol–water partition coefficient (Wildman–Crippen LogP) is 1.72. The van der Waals surface area contributed by atoms with Crippen LogP contribution in [0.2, 0.25) is 0 Å². The molecule has 0 spiro atoms. The van der Waals surface area contributed by atoms with Crippen LogP contribution in [0.15, 0.2) is 53.4 Å². The number of hydrogen-bond acceptors (Lipinski definition) is 4. The smallest absolute Gasteiger partial charge is 0.246 e. The third-order valence-electron chi connectivity index (χ3n) is 4.22. The summed E-state index contributed by atoms with van der Waals surface area (Å²) in [6.07, 6.45) is 0.927. The van der Waals surface area contributed by atoms with Gasteiger partial charge in [-0.15, -0.1) is 0 Å². The first-order valence-electron chi connectivity index (χ1n) is 7.64. The first-order chi connectivity index (χ1) is 11.4. The monoisotopic (exact) mass is 345 g/mol. The van der Waals surface area contributed by atoms with Crippen LogP contribution in [0, 0.1) is 0 Å². The van der Waals surface area contributed by atoms with Crippen LogP contribution in [0.25, 0.3) is 0 Å². The van der Waals surface area contributed by atoms with Crippen LogP contribution >= 0.6 is 0 Å². The van der Waals surface area contributed by atoms with Crippen molar-refractivity contribution in [3.63, 3.8) is 0 Å². The van der Waals surface area contributed by atoms with E-state index in [-0.39, 0.29) is 16.8 Å². The zero-order chi connectivity index (χ0) is 17.3. The number of amides is 1. The second kappa shape index (κ2) is 6.26. The van der Waals surface area contributed by atoms with Crippen LogP contribution in [0.3, 0.4) is 0 Å². The fourth-order valence-electron chi connectivity index (χ4n) is 2.88. The van der Waals surface area contributed by atoms with Crippen LogP contribution in [-0.2, 0) is 21.2 Å². The van der Waals surface area contributed by atoms with Crippen molar-refractivity contribution in [2.45, 2.75) is 24.3 Å². The maximum Gasteiger partial charge on any atom is 0.246 e. The normalized spacial score (nSPS) is 15.0. The zero-order valence-corrected chi connectivity index (χ0v) is 14.1. The van der Waals surface area contributed by atoms with Crippen LogP contribution in [0.5, 0.6) is 0 Å². The number of sulfonamides is 1. The van der Waals surface area contributed by atoms with Crippen molar-refractivity contribution in [3.8, 4) is 0 Å². The Morgan fingerprint density at radius 1 is 1.17 bits per heavy atom. The molecule has 3 rings (SSSR count). The van der Waals surface area contributed by atoms with E-state index in [0.717, 1.165) is 18.7 Å². The highest BCUT2D eigenvalue weighted by Gasteiger charge is 2.27. The molecule has 0 fully saturated rings. The number of fused-ring (bicyclic) bond motifs is 1. The molecule has 6 nitrogen and oxygen atoms in total. The first-order valence-corrected chi connectivity index (χ1v) is 9.19. The summed E-state index contributed by atoms with van der Waals surface area (Å²) in [5, 5.41) is 7.87. The van der Waals surface area contributed by atoms with E-state index in [1.54, 1.807) is 0 Å². The lowest BCUT2D eigenvalue weighted by Gasteiger charge is -2.26. The Kier molecular flexibility index (Phi) is 4.29. The van der Waals surface area contributed by atoms with Gasteiger partial charge in [-0.3, -0.25) is 4.79 Å². The number of primary sulfonamides is 1. The van der Waals surface area contributed by atoms with Gasteiger partial charge >= 0.3 is 0 Å². The number of carbonyl (C=O) groups excluding carboxylic acids is 1. The van der Waals surface area contributed by atoms with Crippen LogP contribution < -0.4 is 15.4 Å². The summed E-state index contributed by atoms with van der Waals surface area (Å²) < 4.78 is 22.5. The van der Waals surface area contributed by atoms with Crippen molar-refractivity contribution in [2.75, 3.05) is 16.8 Å².